The number of nitrogens with two attached hydrogens (primary N) is 1. The molecular weight excluding hydrogens is 238 g/mol. The molecule has 1 aromatic heterocycles. The Bertz CT molecular complexity index is 555. The monoisotopic (exact) mass is 257 g/mol. The average Bonchev–Trinajstić information content (AvgIpc) is 2.43. The minimum absolute atomic E-state index is 0.759. The molecule has 1 heterocycles. The van der Waals surface area contributed by atoms with Gasteiger partial charge in [-0.15, -0.1) is 0 Å². The molecule has 100 valence electrons. The van der Waals surface area contributed by atoms with E-state index in [9.17, 15) is 0 Å². The highest BCUT2D eigenvalue weighted by Crippen LogP contribution is 2.18. The van der Waals surface area contributed by atoms with E-state index in [-0.39, 0.29) is 0 Å². The number of rotatable bonds is 5. The van der Waals surface area contributed by atoms with Crippen LogP contribution < -0.4 is 15.8 Å². The van der Waals surface area contributed by atoms with Gasteiger partial charge in [-0.2, -0.15) is 0 Å². The maximum Gasteiger partial charge on any atom is 0.127 e. The van der Waals surface area contributed by atoms with Gasteiger partial charge in [-0.05, 0) is 30.5 Å². The first-order chi connectivity index (χ1) is 9.20. The highest BCUT2D eigenvalue weighted by Gasteiger charge is 2.02. The Labute approximate surface area is 113 Å². The molecule has 0 spiro atoms. The van der Waals surface area contributed by atoms with Gasteiger partial charge < -0.3 is 15.8 Å². The number of nitrogens with zero attached hydrogens (tertiary/aromatic N) is 1. The number of ether oxygens (including phenoxy) is 1. The van der Waals surface area contributed by atoms with Gasteiger partial charge in [0, 0.05) is 24.5 Å². The van der Waals surface area contributed by atoms with E-state index in [2.05, 4.69) is 16.4 Å². The molecule has 4 nitrogen and oxygen atoms in total. The number of anilines is 2. The van der Waals surface area contributed by atoms with Crippen LogP contribution in [0.25, 0.3) is 0 Å². The van der Waals surface area contributed by atoms with Crippen molar-refractivity contribution in [2.75, 3.05) is 24.7 Å². The maximum atomic E-state index is 5.85. The van der Waals surface area contributed by atoms with Crippen LogP contribution >= 0.6 is 0 Å². The number of aromatic nitrogens is 1. The number of pyridine rings is 1. The van der Waals surface area contributed by atoms with Crippen LogP contribution in [0.5, 0.6) is 5.75 Å². The van der Waals surface area contributed by atoms with E-state index in [1.165, 1.54) is 5.56 Å². The van der Waals surface area contributed by atoms with Crippen molar-refractivity contribution in [3.8, 4) is 5.75 Å². The van der Waals surface area contributed by atoms with Crippen LogP contribution in [0.15, 0.2) is 36.5 Å². The number of hydrogen-bond donors (Lipinski definition) is 2. The summed E-state index contributed by atoms with van der Waals surface area (Å²) in [7, 11) is 1.69. The van der Waals surface area contributed by atoms with Crippen molar-refractivity contribution < 1.29 is 4.74 Å². The molecule has 0 saturated carbocycles. The van der Waals surface area contributed by atoms with E-state index in [1.54, 1.807) is 13.3 Å². The molecule has 1 aromatic carbocycles. The molecule has 2 aromatic rings. The van der Waals surface area contributed by atoms with Crippen LogP contribution in [-0.4, -0.2) is 18.6 Å². The number of nitrogens with one attached hydrogen (secondary N) is 1. The number of hydrogen-bond acceptors (Lipinski definition) is 4. The minimum atomic E-state index is 0.759. The van der Waals surface area contributed by atoms with Gasteiger partial charge in [-0.1, -0.05) is 18.2 Å². The fourth-order valence-electron chi connectivity index (χ4n) is 1.87. The number of benzene rings is 1. The molecule has 0 aliphatic carbocycles. The molecule has 0 bridgehead atoms. The van der Waals surface area contributed by atoms with Crippen LogP contribution in [0.2, 0.25) is 0 Å². The fraction of sp³-hybridized carbons (Fsp3) is 0.267. The smallest absolute Gasteiger partial charge is 0.127 e. The van der Waals surface area contributed by atoms with Gasteiger partial charge >= 0.3 is 0 Å². The Morgan fingerprint density at radius 1 is 1.32 bits per heavy atom. The molecular formula is C15H19N3O. The van der Waals surface area contributed by atoms with Gasteiger partial charge in [0.1, 0.15) is 11.6 Å². The van der Waals surface area contributed by atoms with Crippen LogP contribution in [0, 0.1) is 6.92 Å². The summed E-state index contributed by atoms with van der Waals surface area (Å²) in [5, 5.41) is 3.27. The van der Waals surface area contributed by atoms with Crippen molar-refractivity contribution >= 4 is 11.5 Å². The Balaban J connectivity index is 1.94. The third-order valence-corrected chi connectivity index (χ3v) is 3.04. The molecule has 0 radical (unpaired) electrons. The summed E-state index contributed by atoms with van der Waals surface area (Å²) in [6, 6.07) is 9.88. The van der Waals surface area contributed by atoms with Gasteiger partial charge in [0.25, 0.3) is 0 Å². The summed E-state index contributed by atoms with van der Waals surface area (Å²) in [5.74, 6) is 1.72. The fourth-order valence-corrected chi connectivity index (χ4v) is 1.87. The van der Waals surface area contributed by atoms with E-state index in [1.807, 2.05) is 31.2 Å². The highest BCUT2D eigenvalue weighted by molar-refractivity contribution is 5.53. The Hall–Kier alpha value is -2.23. The van der Waals surface area contributed by atoms with Crippen molar-refractivity contribution in [2.45, 2.75) is 13.3 Å². The average molecular weight is 257 g/mol. The second-order valence-electron chi connectivity index (χ2n) is 4.41. The number of methoxy groups -OCH3 is 1. The lowest BCUT2D eigenvalue weighted by molar-refractivity contribution is 0.410. The largest absolute Gasteiger partial charge is 0.496 e. The van der Waals surface area contributed by atoms with E-state index in [4.69, 9.17) is 10.5 Å². The summed E-state index contributed by atoms with van der Waals surface area (Å²) in [6.45, 7) is 2.73. The van der Waals surface area contributed by atoms with Crippen molar-refractivity contribution in [1.82, 2.24) is 4.98 Å². The summed E-state index contributed by atoms with van der Waals surface area (Å²) in [5.41, 5.74) is 8.78. The molecule has 0 fully saturated rings. The molecule has 0 aliphatic heterocycles. The Kier molecular flexibility index (Phi) is 4.23. The molecule has 0 amide bonds. The lowest BCUT2D eigenvalue weighted by Crippen LogP contribution is -2.07. The van der Waals surface area contributed by atoms with E-state index < -0.39 is 0 Å². The molecule has 0 aliphatic rings. The zero-order valence-electron chi connectivity index (χ0n) is 11.3. The standard InChI is InChI=1S/C15H19N3O/c1-11-10-18-15(9-13(11)16)17-8-7-12-5-3-4-6-14(12)19-2/h3-6,9-10H,7-8H2,1-2H3,(H3,16,17,18). The Morgan fingerprint density at radius 2 is 2.11 bits per heavy atom. The molecule has 0 atom stereocenters. The lowest BCUT2D eigenvalue weighted by Gasteiger charge is -2.10. The first-order valence-electron chi connectivity index (χ1n) is 6.28. The third kappa shape index (κ3) is 3.37. The quantitative estimate of drug-likeness (QED) is 0.864. The van der Waals surface area contributed by atoms with Crippen LogP contribution in [0.1, 0.15) is 11.1 Å². The number of para-hydroxylation sites is 1. The van der Waals surface area contributed by atoms with Gasteiger partial charge in [-0.3, -0.25) is 0 Å². The first kappa shape index (κ1) is 13.2. The zero-order valence-corrected chi connectivity index (χ0v) is 11.3. The van der Waals surface area contributed by atoms with Crippen LogP contribution in [0.4, 0.5) is 11.5 Å². The van der Waals surface area contributed by atoms with Crippen molar-refractivity contribution in [2.24, 2.45) is 0 Å². The Morgan fingerprint density at radius 3 is 2.84 bits per heavy atom. The van der Waals surface area contributed by atoms with Crippen molar-refractivity contribution in [1.29, 1.82) is 0 Å². The molecule has 0 saturated heterocycles. The number of nitrogen functional groups attached to an aromatic ring is 1. The molecule has 3 N–H and O–H groups in total. The van der Waals surface area contributed by atoms with Crippen molar-refractivity contribution in [3.05, 3.63) is 47.7 Å². The first-order valence-corrected chi connectivity index (χ1v) is 6.28. The van der Waals surface area contributed by atoms with E-state index in [0.717, 1.165) is 35.8 Å². The SMILES string of the molecule is COc1ccccc1CCNc1cc(N)c(C)cn1. The normalized spacial score (nSPS) is 10.2. The summed E-state index contributed by atoms with van der Waals surface area (Å²) in [6.07, 6.45) is 2.65. The summed E-state index contributed by atoms with van der Waals surface area (Å²) < 4.78 is 5.32. The van der Waals surface area contributed by atoms with E-state index >= 15 is 0 Å². The van der Waals surface area contributed by atoms with Gasteiger partial charge in [0.05, 0.1) is 7.11 Å². The van der Waals surface area contributed by atoms with Gasteiger partial charge in [0.15, 0.2) is 0 Å². The minimum Gasteiger partial charge on any atom is -0.496 e. The van der Waals surface area contributed by atoms with Gasteiger partial charge in [-0.25, -0.2) is 4.98 Å². The third-order valence-electron chi connectivity index (χ3n) is 3.04. The van der Waals surface area contributed by atoms with Crippen LogP contribution in [-0.2, 0) is 6.42 Å². The van der Waals surface area contributed by atoms with Crippen molar-refractivity contribution in [3.63, 3.8) is 0 Å². The van der Waals surface area contributed by atoms with Crippen LogP contribution in [0.3, 0.4) is 0 Å². The lowest BCUT2D eigenvalue weighted by atomic mass is 10.1. The molecule has 0 unspecified atom stereocenters. The summed E-state index contributed by atoms with van der Waals surface area (Å²) >= 11 is 0. The zero-order chi connectivity index (χ0) is 13.7. The molecule has 19 heavy (non-hydrogen) atoms. The van der Waals surface area contributed by atoms with E-state index in [0.29, 0.717) is 0 Å². The highest BCUT2D eigenvalue weighted by atomic mass is 16.5. The topological polar surface area (TPSA) is 60.2 Å². The molecule has 4 heteroatoms. The number of aryl methyl sites for hydroxylation is 1. The second kappa shape index (κ2) is 6.09. The molecule has 2 rings (SSSR count). The second-order valence-corrected chi connectivity index (χ2v) is 4.41. The predicted octanol–water partition coefficient (Wildman–Crippen LogP) is 2.64. The predicted molar refractivity (Wildman–Crippen MR) is 78.6 cm³/mol. The maximum absolute atomic E-state index is 5.85. The van der Waals surface area contributed by atoms with Gasteiger partial charge in [0.2, 0.25) is 0 Å². The summed E-state index contributed by atoms with van der Waals surface area (Å²) in [4.78, 5) is 4.29.